The van der Waals surface area contributed by atoms with E-state index < -0.39 is 0 Å². The van der Waals surface area contributed by atoms with Gasteiger partial charge in [0, 0.05) is 5.92 Å². The van der Waals surface area contributed by atoms with Crippen LogP contribution < -0.4 is 0 Å². The Morgan fingerprint density at radius 2 is 0.820 bits per heavy atom. The molecular formula is C50H34. The second-order valence-corrected chi connectivity index (χ2v) is 13.5. The van der Waals surface area contributed by atoms with Crippen LogP contribution in [0.4, 0.5) is 0 Å². The summed E-state index contributed by atoms with van der Waals surface area (Å²) in [6, 6.07) is 67.3. The van der Waals surface area contributed by atoms with Crippen molar-refractivity contribution >= 4 is 48.7 Å². The Labute approximate surface area is 292 Å². The van der Waals surface area contributed by atoms with Crippen LogP contribution in [0.3, 0.4) is 0 Å². The Hall–Kier alpha value is -6.24. The third-order valence-electron chi connectivity index (χ3n) is 10.8. The SMILES string of the molecule is C1=C(c2cccc(-c3c4ccccc4c(-c4cccc5ccccc45)c4ccccc34)c2)c2ccccc2[C@@H](c2cccc3ccccc23)C1. The van der Waals surface area contributed by atoms with Gasteiger partial charge in [-0.2, -0.15) is 0 Å². The van der Waals surface area contributed by atoms with Gasteiger partial charge in [0.05, 0.1) is 0 Å². The predicted octanol–water partition coefficient (Wildman–Crippen LogP) is 13.6. The summed E-state index contributed by atoms with van der Waals surface area (Å²) in [5, 5.41) is 10.3. The molecule has 234 valence electrons. The highest BCUT2D eigenvalue weighted by Crippen LogP contribution is 2.47. The molecule has 0 fully saturated rings. The van der Waals surface area contributed by atoms with E-state index in [9.17, 15) is 0 Å². The Kier molecular flexibility index (Phi) is 6.74. The van der Waals surface area contributed by atoms with Gasteiger partial charge in [-0.3, -0.25) is 0 Å². The van der Waals surface area contributed by atoms with Gasteiger partial charge in [-0.1, -0.05) is 182 Å². The Morgan fingerprint density at radius 3 is 1.56 bits per heavy atom. The third kappa shape index (κ3) is 4.53. The maximum atomic E-state index is 2.48. The normalized spacial score (nSPS) is 14.2. The summed E-state index contributed by atoms with van der Waals surface area (Å²) < 4.78 is 0. The maximum absolute atomic E-state index is 2.48. The quantitative estimate of drug-likeness (QED) is 0.169. The summed E-state index contributed by atoms with van der Waals surface area (Å²) >= 11 is 0. The minimum atomic E-state index is 0.318. The number of benzene rings is 9. The van der Waals surface area contributed by atoms with Crippen LogP contribution >= 0.6 is 0 Å². The Morgan fingerprint density at radius 1 is 0.340 bits per heavy atom. The number of rotatable bonds is 4. The number of fused-ring (bicyclic) bond motifs is 5. The molecule has 0 nitrogen and oxygen atoms in total. The highest BCUT2D eigenvalue weighted by molar-refractivity contribution is 6.23. The first-order chi connectivity index (χ1) is 24.8. The van der Waals surface area contributed by atoms with Crippen LogP contribution in [-0.4, -0.2) is 0 Å². The first-order valence-corrected chi connectivity index (χ1v) is 17.6. The van der Waals surface area contributed by atoms with Crippen molar-refractivity contribution in [1.82, 2.24) is 0 Å². The molecule has 10 rings (SSSR count). The molecule has 1 aliphatic rings. The molecule has 0 saturated heterocycles. The molecule has 0 radical (unpaired) electrons. The molecule has 0 aliphatic heterocycles. The Balaban J connectivity index is 1.15. The van der Waals surface area contributed by atoms with Gasteiger partial charge in [0.15, 0.2) is 0 Å². The summed E-state index contributed by atoms with van der Waals surface area (Å²) in [6.45, 7) is 0. The molecule has 0 heterocycles. The van der Waals surface area contributed by atoms with Crippen LogP contribution in [0, 0.1) is 0 Å². The van der Waals surface area contributed by atoms with Crippen molar-refractivity contribution in [2.24, 2.45) is 0 Å². The van der Waals surface area contributed by atoms with E-state index in [0.29, 0.717) is 5.92 Å². The maximum Gasteiger partial charge on any atom is 0.0136 e. The molecule has 0 unspecified atom stereocenters. The summed E-state index contributed by atoms with van der Waals surface area (Å²) in [6.07, 6.45) is 3.45. The molecule has 0 saturated carbocycles. The van der Waals surface area contributed by atoms with Gasteiger partial charge in [-0.05, 0) is 106 Å². The predicted molar refractivity (Wildman–Crippen MR) is 214 cm³/mol. The van der Waals surface area contributed by atoms with E-state index in [1.54, 1.807) is 0 Å². The summed E-state index contributed by atoms with van der Waals surface area (Å²) in [4.78, 5) is 0. The van der Waals surface area contributed by atoms with E-state index in [2.05, 4.69) is 188 Å². The van der Waals surface area contributed by atoms with E-state index in [0.717, 1.165) is 6.42 Å². The number of hydrogen-bond donors (Lipinski definition) is 0. The van der Waals surface area contributed by atoms with Crippen LogP contribution in [-0.2, 0) is 0 Å². The average Bonchev–Trinajstić information content (AvgIpc) is 3.19. The van der Waals surface area contributed by atoms with Crippen molar-refractivity contribution in [3.63, 3.8) is 0 Å². The molecule has 50 heavy (non-hydrogen) atoms. The van der Waals surface area contributed by atoms with Crippen molar-refractivity contribution in [3.05, 3.63) is 210 Å². The van der Waals surface area contributed by atoms with Gasteiger partial charge in [-0.15, -0.1) is 0 Å². The van der Waals surface area contributed by atoms with Crippen molar-refractivity contribution in [3.8, 4) is 22.3 Å². The first kappa shape index (κ1) is 28.7. The van der Waals surface area contributed by atoms with E-state index in [1.807, 2.05) is 0 Å². The molecule has 9 aromatic carbocycles. The minimum absolute atomic E-state index is 0.318. The van der Waals surface area contributed by atoms with Gasteiger partial charge < -0.3 is 0 Å². The van der Waals surface area contributed by atoms with E-state index in [-0.39, 0.29) is 0 Å². The lowest BCUT2D eigenvalue weighted by Crippen LogP contribution is -2.09. The molecule has 0 bridgehead atoms. The molecule has 0 heteroatoms. The average molecular weight is 635 g/mol. The first-order valence-electron chi connectivity index (χ1n) is 17.6. The minimum Gasteiger partial charge on any atom is -0.0751 e. The molecular weight excluding hydrogens is 601 g/mol. The van der Waals surface area contributed by atoms with Crippen LogP contribution in [0.15, 0.2) is 188 Å². The van der Waals surface area contributed by atoms with Crippen molar-refractivity contribution in [2.75, 3.05) is 0 Å². The zero-order valence-corrected chi connectivity index (χ0v) is 27.7. The zero-order chi connectivity index (χ0) is 33.0. The lowest BCUT2D eigenvalue weighted by Gasteiger charge is -2.27. The van der Waals surface area contributed by atoms with Crippen LogP contribution in [0.2, 0.25) is 0 Å². The van der Waals surface area contributed by atoms with Crippen LogP contribution in [0.25, 0.3) is 70.9 Å². The fraction of sp³-hybridized carbons (Fsp3) is 0.0400. The summed E-state index contributed by atoms with van der Waals surface area (Å²) in [5.74, 6) is 0.318. The van der Waals surface area contributed by atoms with E-state index >= 15 is 0 Å². The smallest absolute Gasteiger partial charge is 0.0136 e. The van der Waals surface area contributed by atoms with Crippen LogP contribution in [0.5, 0.6) is 0 Å². The molecule has 1 atom stereocenters. The lowest BCUT2D eigenvalue weighted by atomic mass is 9.76. The Bertz CT molecular complexity index is 2730. The lowest BCUT2D eigenvalue weighted by molar-refractivity contribution is 0.823. The molecule has 9 aromatic rings. The second-order valence-electron chi connectivity index (χ2n) is 13.5. The largest absolute Gasteiger partial charge is 0.0751 e. The van der Waals surface area contributed by atoms with E-state index in [1.165, 1.54) is 93.2 Å². The molecule has 1 aliphatic carbocycles. The van der Waals surface area contributed by atoms with Crippen molar-refractivity contribution in [1.29, 1.82) is 0 Å². The third-order valence-corrected chi connectivity index (χ3v) is 10.8. The van der Waals surface area contributed by atoms with Gasteiger partial charge in [0.1, 0.15) is 0 Å². The van der Waals surface area contributed by atoms with Gasteiger partial charge in [0.25, 0.3) is 0 Å². The van der Waals surface area contributed by atoms with Gasteiger partial charge >= 0.3 is 0 Å². The zero-order valence-electron chi connectivity index (χ0n) is 27.7. The molecule has 0 aromatic heterocycles. The van der Waals surface area contributed by atoms with Crippen molar-refractivity contribution < 1.29 is 0 Å². The second kappa shape index (κ2) is 11.7. The molecule has 0 N–H and O–H groups in total. The molecule has 0 spiro atoms. The highest BCUT2D eigenvalue weighted by atomic mass is 14.3. The molecule has 0 amide bonds. The van der Waals surface area contributed by atoms with Crippen molar-refractivity contribution in [2.45, 2.75) is 12.3 Å². The monoisotopic (exact) mass is 634 g/mol. The number of allylic oxidation sites excluding steroid dienone is 1. The number of hydrogen-bond acceptors (Lipinski definition) is 0. The van der Waals surface area contributed by atoms with Crippen LogP contribution in [0.1, 0.15) is 34.6 Å². The van der Waals surface area contributed by atoms with Gasteiger partial charge in [0.2, 0.25) is 0 Å². The fourth-order valence-electron chi connectivity index (χ4n) is 8.66. The standard InChI is InChI=1S/C50H34/c1-3-20-37-33(14-1)16-12-28-41(37)43-31-30-39(40-22-5-6-23-42(40)43)35-18-11-19-36(32-35)49-45-24-7-9-26-47(45)50(48-27-10-8-25-46(48)49)44-29-13-17-34-15-2-4-21-38(34)44/h1-30,32,43H,31H2/t43-/m1/s1. The summed E-state index contributed by atoms with van der Waals surface area (Å²) in [5.41, 5.74) is 11.8. The highest BCUT2D eigenvalue weighted by Gasteiger charge is 2.25. The van der Waals surface area contributed by atoms with Gasteiger partial charge in [-0.25, -0.2) is 0 Å². The fourth-order valence-corrected chi connectivity index (χ4v) is 8.66. The topological polar surface area (TPSA) is 0 Å². The van der Waals surface area contributed by atoms with E-state index in [4.69, 9.17) is 0 Å². The summed E-state index contributed by atoms with van der Waals surface area (Å²) in [7, 11) is 0.